The summed E-state index contributed by atoms with van der Waals surface area (Å²) in [5.74, 6) is 0.762. The van der Waals surface area contributed by atoms with Gasteiger partial charge in [0.05, 0.1) is 0 Å². The van der Waals surface area contributed by atoms with Gasteiger partial charge in [-0.05, 0) is 68.2 Å². The zero-order valence-corrected chi connectivity index (χ0v) is 13.4. The molecule has 1 unspecified atom stereocenters. The van der Waals surface area contributed by atoms with E-state index in [4.69, 9.17) is 5.73 Å². The van der Waals surface area contributed by atoms with E-state index in [0.29, 0.717) is 0 Å². The molecule has 0 spiro atoms. The van der Waals surface area contributed by atoms with Gasteiger partial charge < -0.3 is 11.1 Å². The number of nitrogens with two attached hydrogens (primary N) is 1. The van der Waals surface area contributed by atoms with Crippen molar-refractivity contribution in [3.63, 3.8) is 0 Å². The lowest BCUT2D eigenvalue weighted by Crippen LogP contribution is -2.12. The summed E-state index contributed by atoms with van der Waals surface area (Å²) >= 11 is 0. The topological polar surface area (TPSA) is 38.0 Å². The van der Waals surface area contributed by atoms with Gasteiger partial charge in [0, 0.05) is 17.9 Å². The summed E-state index contributed by atoms with van der Waals surface area (Å²) in [6.45, 7) is 3.24. The molecular formula is C20H26N2. The van der Waals surface area contributed by atoms with Crippen LogP contribution in [0.2, 0.25) is 0 Å². The van der Waals surface area contributed by atoms with Crippen LogP contribution >= 0.6 is 0 Å². The molecule has 2 aromatic rings. The summed E-state index contributed by atoms with van der Waals surface area (Å²) in [7, 11) is 0. The summed E-state index contributed by atoms with van der Waals surface area (Å²) in [6.07, 6.45) is 6.20. The van der Waals surface area contributed by atoms with Gasteiger partial charge in [-0.3, -0.25) is 0 Å². The monoisotopic (exact) mass is 294 g/mol. The normalized spacial score (nSPS) is 17.4. The number of fused-ring (bicyclic) bond motifs is 1. The number of rotatable bonds is 4. The van der Waals surface area contributed by atoms with Crippen molar-refractivity contribution in [2.24, 2.45) is 5.92 Å². The molecule has 0 bridgehead atoms. The van der Waals surface area contributed by atoms with E-state index in [1.807, 2.05) is 6.07 Å². The average Bonchev–Trinajstić information content (AvgIpc) is 2.70. The molecular weight excluding hydrogens is 268 g/mol. The highest BCUT2D eigenvalue weighted by molar-refractivity contribution is 5.60. The first-order valence-corrected chi connectivity index (χ1v) is 8.38. The number of anilines is 2. The van der Waals surface area contributed by atoms with E-state index in [1.54, 1.807) is 0 Å². The van der Waals surface area contributed by atoms with Crippen molar-refractivity contribution < 1.29 is 0 Å². The summed E-state index contributed by atoms with van der Waals surface area (Å²) in [6, 6.07) is 15.2. The molecule has 1 aliphatic rings. The molecule has 0 radical (unpaired) electrons. The Bertz CT molecular complexity index is 633. The second kappa shape index (κ2) is 6.87. The van der Waals surface area contributed by atoms with Gasteiger partial charge in [-0.1, -0.05) is 35.9 Å². The number of hydrogen-bond donors (Lipinski definition) is 2. The molecule has 116 valence electrons. The molecule has 1 aliphatic heterocycles. The molecule has 22 heavy (non-hydrogen) atoms. The largest absolute Gasteiger partial charge is 0.399 e. The number of benzene rings is 2. The lowest BCUT2D eigenvalue weighted by Gasteiger charge is -2.14. The fourth-order valence-corrected chi connectivity index (χ4v) is 3.40. The second-order valence-electron chi connectivity index (χ2n) is 6.58. The van der Waals surface area contributed by atoms with Crippen LogP contribution in [0.15, 0.2) is 42.5 Å². The lowest BCUT2D eigenvalue weighted by molar-refractivity contribution is 0.464. The van der Waals surface area contributed by atoms with E-state index in [9.17, 15) is 0 Å². The van der Waals surface area contributed by atoms with Crippen LogP contribution in [0.25, 0.3) is 0 Å². The fraction of sp³-hybridized carbons (Fsp3) is 0.400. The minimum absolute atomic E-state index is 0.762. The first-order valence-electron chi connectivity index (χ1n) is 8.38. The Balaban J connectivity index is 1.51. The molecule has 2 nitrogen and oxygen atoms in total. The first kappa shape index (κ1) is 15.0. The molecule has 1 heterocycles. The minimum atomic E-state index is 0.762. The van der Waals surface area contributed by atoms with Crippen molar-refractivity contribution in [1.29, 1.82) is 0 Å². The van der Waals surface area contributed by atoms with Crippen molar-refractivity contribution in [3.05, 3.63) is 59.2 Å². The van der Waals surface area contributed by atoms with Crippen molar-refractivity contribution in [1.82, 2.24) is 0 Å². The molecule has 0 fully saturated rings. The maximum atomic E-state index is 5.88. The Morgan fingerprint density at radius 2 is 2.09 bits per heavy atom. The van der Waals surface area contributed by atoms with Gasteiger partial charge in [0.2, 0.25) is 0 Å². The predicted molar refractivity (Wildman–Crippen MR) is 95.3 cm³/mol. The molecule has 2 aromatic carbocycles. The van der Waals surface area contributed by atoms with Gasteiger partial charge in [0.1, 0.15) is 0 Å². The van der Waals surface area contributed by atoms with E-state index in [0.717, 1.165) is 24.6 Å². The van der Waals surface area contributed by atoms with Crippen LogP contribution < -0.4 is 11.1 Å². The molecule has 0 aliphatic carbocycles. The third-order valence-electron chi connectivity index (χ3n) is 4.70. The summed E-state index contributed by atoms with van der Waals surface area (Å²) in [4.78, 5) is 0. The van der Waals surface area contributed by atoms with Crippen molar-refractivity contribution in [3.8, 4) is 0 Å². The van der Waals surface area contributed by atoms with Crippen LogP contribution in [0.1, 0.15) is 36.0 Å². The van der Waals surface area contributed by atoms with Gasteiger partial charge in [-0.15, -0.1) is 0 Å². The maximum Gasteiger partial charge on any atom is 0.0393 e. The Labute approximate surface area is 133 Å². The van der Waals surface area contributed by atoms with E-state index in [2.05, 4.69) is 48.6 Å². The third-order valence-corrected chi connectivity index (χ3v) is 4.70. The van der Waals surface area contributed by atoms with E-state index in [-0.39, 0.29) is 0 Å². The molecule has 0 amide bonds. The molecule has 3 rings (SSSR count). The van der Waals surface area contributed by atoms with E-state index in [1.165, 1.54) is 48.1 Å². The molecule has 0 saturated heterocycles. The Kier molecular flexibility index (Phi) is 4.67. The van der Waals surface area contributed by atoms with Crippen molar-refractivity contribution >= 4 is 11.4 Å². The first-order chi connectivity index (χ1) is 10.7. The SMILES string of the molecule is Cc1cccc(CCCC2CCc3ccc(N)cc3NC2)c1. The van der Waals surface area contributed by atoms with Crippen LogP contribution in [-0.2, 0) is 12.8 Å². The predicted octanol–water partition coefficient (Wildman–Crippen LogP) is 4.57. The van der Waals surface area contributed by atoms with Crippen LogP contribution in [0.5, 0.6) is 0 Å². The van der Waals surface area contributed by atoms with Crippen LogP contribution in [0, 0.1) is 12.8 Å². The quantitative estimate of drug-likeness (QED) is 0.810. The highest BCUT2D eigenvalue weighted by atomic mass is 14.9. The molecule has 3 N–H and O–H groups in total. The number of nitrogens with one attached hydrogen (secondary N) is 1. The molecule has 0 aromatic heterocycles. The Morgan fingerprint density at radius 3 is 2.95 bits per heavy atom. The minimum Gasteiger partial charge on any atom is -0.399 e. The summed E-state index contributed by atoms with van der Waals surface area (Å²) in [5.41, 5.74) is 12.2. The summed E-state index contributed by atoms with van der Waals surface area (Å²) < 4.78 is 0. The van der Waals surface area contributed by atoms with Crippen LogP contribution in [-0.4, -0.2) is 6.54 Å². The Morgan fingerprint density at radius 1 is 1.18 bits per heavy atom. The highest BCUT2D eigenvalue weighted by Gasteiger charge is 2.15. The van der Waals surface area contributed by atoms with E-state index < -0.39 is 0 Å². The third kappa shape index (κ3) is 3.82. The lowest BCUT2D eigenvalue weighted by atomic mass is 9.94. The molecule has 0 saturated carbocycles. The Hall–Kier alpha value is -1.96. The van der Waals surface area contributed by atoms with Crippen LogP contribution in [0.4, 0.5) is 11.4 Å². The second-order valence-corrected chi connectivity index (χ2v) is 6.58. The average molecular weight is 294 g/mol. The zero-order valence-electron chi connectivity index (χ0n) is 13.4. The number of hydrogen-bond acceptors (Lipinski definition) is 2. The van der Waals surface area contributed by atoms with Gasteiger partial charge in [-0.25, -0.2) is 0 Å². The molecule has 2 heteroatoms. The fourth-order valence-electron chi connectivity index (χ4n) is 3.40. The van der Waals surface area contributed by atoms with Crippen molar-refractivity contribution in [2.45, 2.75) is 39.0 Å². The van der Waals surface area contributed by atoms with Gasteiger partial charge >= 0.3 is 0 Å². The zero-order chi connectivity index (χ0) is 15.4. The maximum absolute atomic E-state index is 5.88. The molecule has 1 atom stereocenters. The van der Waals surface area contributed by atoms with Gasteiger partial charge in [0.25, 0.3) is 0 Å². The summed E-state index contributed by atoms with van der Waals surface area (Å²) in [5, 5.41) is 3.59. The van der Waals surface area contributed by atoms with Crippen LogP contribution in [0.3, 0.4) is 0 Å². The highest BCUT2D eigenvalue weighted by Crippen LogP contribution is 2.27. The van der Waals surface area contributed by atoms with E-state index >= 15 is 0 Å². The standard InChI is InChI=1S/C20H26N2/c1-15-4-2-5-16(12-15)6-3-7-17-8-9-18-10-11-19(21)13-20(18)22-14-17/h2,4-5,10-13,17,22H,3,6-9,14,21H2,1H3. The number of nitrogen functional groups attached to an aromatic ring is 1. The van der Waals surface area contributed by atoms with Gasteiger partial charge in [-0.2, -0.15) is 0 Å². The van der Waals surface area contributed by atoms with Crippen molar-refractivity contribution in [2.75, 3.05) is 17.6 Å². The van der Waals surface area contributed by atoms with Gasteiger partial charge in [0.15, 0.2) is 0 Å². The smallest absolute Gasteiger partial charge is 0.0393 e. The number of aryl methyl sites for hydroxylation is 3.